The number of pyridine rings is 1. The van der Waals surface area contributed by atoms with Gasteiger partial charge in [-0.15, -0.1) is 0 Å². The molecule has 4 rings (SSSR count). The average Bonchev–Trinajstić information content (AvgIpc) is 2.79. The minimum atomic E-state index is -0.826. The Morgan fingerprint density at radius 3 is 2.20 bits per heavy atom. The molecule has 1 aromatic heterocycles. The van der Waals surface area contributed by atoms with Crippen LogP contribution in [0, 0.1) is 0 Å². The van der Waals surface area contributed by atoms with Crippen LogP contribution in [-0.2, 0) is 11.2 Å². The number of carbonyl (C=O) groups excluding carboxylic acids is 2. The molecule has 30 heavy (non-hydrogen) atoms. The van der Waals surface area contributed by atoms with E-state index in [1.165, 1.54) is 0 Å². The lowest BCUT2D eigenvalue weighted by Gasteiger charge is -2.16. The Kier molecular flexibility index (Phi) is 5.52. The molecule has 0 aliphatic heterocycles. The Morgan fingerprint density at radius 1 is 0.800 bits per heavy atom. The molecule has 1 atom stereocenters. The van der Waals surface area contributed by atoms with Gasteiger partial charge in [0, 0.05) is 11.8 Å². The van der Waals surface area contributed by atoms with Crippen LogP contribution in [0.3, 0.4) is 0 Å². The van der Waals surface area contributed by atoms with Gasteiger partial charge in [0.2, 0.25) is 5.91 Å². The van der Waals surface area contributed by atoms with E-state index in [0.717, 1.165) is 27.6 Å². The summed E-state index contributed by atoms with van der Waals surface area (Å²) in [6.07, 6.45) is 0.309. The summed E-state index contributed by atoms with van der Waals surface area (Å²) in [5.41, 5.74) is 9.62. The molecule has 5 heteroatoms. The molecule has 2 amide bonds. The van der Waals surface area contributed by atoms with Crippen molar-refractivity contribution < 1.29 is 9.59 Å². The number of benzene rings is 3. The average molecular weight is 395 g/mol. The summed E-state index contributed by atoms with van der Waals surface area (Å²) in [6, 6.07) is 28.1. The second-order valence-corrected chi connectivity index (χ2v) is 7.08. The fourth-order valence-electron chi connectivity index (χ4n) is 3.35. The number of nitrogens with one attached hydrogen (secondary N) is 1. The largest absolute Gasteiger partial charge is 0.368 e. The molecule has 0 saturated heterocycles. The number of fused-ring (bicyclic) bond motifs is 1. The zero-order valence-corrected chi connectivity index (χ0v) is 16.3. The van der Waals surface area contributed by atoms with Gasteiger partial charge in [-0.3, -0.25) is 9.59 Å². The minimum absolute atomic E-state index is 0.249. The first-order valence-electron chi connectivity index (χ1n) is 9.70. The summed E-state index contributed by atoms with van der Waals surface area (Å²) < 4.78 is 0. The van der Waals surface area contributed by atoms with Gasteiger partial charge in [-0.2, -0.15) is 0 Å². The fraction of sp³-hybridized carbons (Fsp3) is 0.0800. The lowest BCUT2D eigenvalue weighted by Crippen LogP contribution is -2.46. The molecule has 0 aliphatic carbocycles. The number of aromatic nitrogens is 1. The van der Waals surface area contributed by atoms with Crippen LogP contribution < -0.4 is 11.1 Å². The number of nitrogens with zero attached hydrogens (tertiary/aromatic N) is 1. The molecule has 0 unspecified atom stereocenters. The minimum Gasteiger partial charge on any atom is -0.368 e. The van der Waals surface area contributed by atoms with Crippen molar-refractivity contribution in [1.82, 2.24) is 10.3 Å². The van der Waals surface area contributed by atoms with E-state index in [-0.39, 0.29) is 5.69 Å². The van der Waals surface area contributed by atoms with Crippen LogP contribution in [-0.4, -0.2) is 22.8 Å². The Labute approximate surface area is 174 Å². The van der Waals surface area contributed by atoms with Crippen molar-refractivity contribution in [2.45, 2.75) is 12.5 Å². The number of para-hydroxylation sites is 1. The lowest BCUT2D eigenvalue weighted by molar-refractivity contribution is -0.119. The molecule has 0 radical (unpaired) electrons. The topological polar surface area (TPSA) is 85.1 Å². The van der Waals surface area contributed by atoms with Crippen molar-refractivity contribution in [1.29, 1.82) is 0 Å². The van der Waals surface area contributed by atoms with Gasteiger partial charge in [0.05, 0.1) is 5.52 Å². The third kappa shape index (κ3) is 4.36. The summed E-state index contributed by atoms with van der Waals surface area (Å²) in [5.74, 6) is -1.01. The summed E-state index contributed by atoms with van der Waals surface area (Å²) >= 11 is 0. The molecule has 0 bridgehead atoms. The van der Waals surface area contributed by atoms with Gasteiger partial charge in [0.1, 0.15) is 11.7 Å². The zero-order chi connectivity index (χ0) is 20.9. The second-order valence-electron chi connectivity index (χ2n) is 7.08. The number of hydrogen-bond acceptors (Lipinski definition) is 3. The molecule has 0 spiro atoms. The number of amides is 2. The molecule has 3 aromatic carbocycles. The highest BCUT2D eigenvalue weighted by atomic mass is 16.2. The van der Waals surface area contributed by atoms with Crippen LogP contribution in [0.1, 0.15) is 16.1 Å². The van der Waals surface area contributed by atoms with E-state index >= 15 is 0 Å². The lowest BCUT2D eigenvalue weighted by atomic mass is 10.0. The first kappa shape index (κ1) is 19.3. The number of hydrogen-bond donors (Lipinski definition) is 2. The highest BCUT2D eigenvalue weighted by molar-refractivity contribution is 5.97. The Morgan fingerprint density at radius 2 is 1.47 bits per heavy atom. The van der Waals surface area contributed by atoms with Gasteiger partial charge in [-0.1, -0.05) is 78.9 Å². The monoisotopic (exact) mass is 395 g/mol. The van der Waals surface area contributed by atoms with Gasteiger partial charge >= 0.3 is 0 Å². The van der Waals surface area contributed by atoms with Gasteiger partial charge in [-0.05, 0) is 28.8 Å². The molecule has 3 N–H and O–H groups in total. The van der Waals surface area contributed by atoms with E-state index < -0.39 is 17.9 Å². The number of nitrogens with two attached hydrogens (primary N) is 1. The number of primary amides is 1. The smallest absolute Gasteiger partial charge is 0.270 e. The number of rotatable bonds is 6. The van der Waals surface area contributed by atoms with Gasteiger partial charge in [0.25, 0.3) is 5.91 Å². The maximum Gasteiger partial charge on any atom is 0.270 e. The third-order valence-electron chi connectivity index (χ3n) is 4.98. The third-order valence-corrected chi connectivity index (χ3v) is 4.98. The van der Waals surface area contributed by atoms with E-state index in [0.29, 0.717) is 6.42 Å². The standard InChI is InChI=1S/C25H21N3O2/c26-24(29)23(16-17-10-12-19(13-11-17)18-6-2-1-3-7-18)28-25(30)22-15-14-20-8-4-5-9-21(20)27-22/h1-15,23H,16H2,(H2,26,29)(H,28,30)/t23-/m0/s1. The normalized spacial score (nSPS) is 11.7. The quantitative estimate of drug-likeness (QED) is 0.522. The molecule has 1 heterocycles. The van der Waals surface area contributed by atoms with Crippen LogP contribution in [0.5, 0.6) is 0 Å². The predicted octanol–water partition coefficient (Wildman–Crippen LogP) is 3.73. The summed E-state index contributed by atoms with van der Waals surface area (Å²) in [4.78, 5) is 29.0. The van der Waals surface area contributed by atoms with Crippen molar-refractivity contribution >= 4 is 22.7 Å². The van der Waals surface area contributed by atoms with Crippen molar-refractivity contribution in [3.63, 3.8) is 0 Å². The van der Waals surface area contributed by atoms with Crippen LogP contribution in [0.15, 0.2) is 91.0 Å². The van der Waals surface area contributed by atoms with E-state index in [1.54, 1.807) is 6.07 Å². The Balaban J connectivity index is 1.48. The Bertz CT molecular complexity index is 1190. The van der Waals surface area contributed by atoms with Gasteiger partial charge < -0.3 is 11.1 Å². The Hall–Kier alpha value is -3.99. The van der Waals surface area contributed by atoms with E-state index in [4.69, 9.17) is 5.73 Å². The zero-order valence-electron chi connectivity index (χ0n) is 16.3. The SMILES string of the molecule is NC(=O)[C@H](Cc1ccc(-c2ccccc2)cc1)NC(=O)c1ccc2ccccc2n1. The van der Waals surface area contributed by atoms with Crippen molar-refractivity contribution in [2.24, 2.45) is 5.73 Å². The molecular formula is C25H21N3O2. The first-order valence-corrected chi connectivity index (χ1v) is 9.70. The molecule has 148 valence electrons. The van der Waals surface area contributed by atoms with Gasteiger partial charge in [-0.25, -0.2) is 4.98 Å². The number of carbonyl (C=O) groups is 2. The first-order chi connectivity index (χ1) is 14.6. The maximum atomic E-state index is 12.7. The summed E-state index contributed by atoms with van der Waals surface area (Å²) in [6.45, 7) is 0. The van der Waals surface area contributed by atoms with Crippen molar-refractivity contribution in [2.75, 3.05) is 0 Å². The molecule has 0 aliphatic rings. The maximum absolute atomic E-state index is 12.7. The van der Waals surface area contributed by atoms with Crippen molar-refractivity contribution in [3.8, 4) is 11.1 Å². The van der Waals surface area contributed by atoms with Crippen LogP contribution in [0.4, 0.5) is 0 Å². The summed E-state index contributed by atoms with van der Waals surface area (Å²) in [7, 11) is 0. The summed E-state index contributed by atoms with van der Waals surface area (Å²) in [5, 5.41) is 3.66. The van der Waals surface area contributed by atoms with Crippen LogP contribution >= 0.6 is 0 Å². The van der Waals surface area contributed by atoms with Crippen molar-refractivity contribution in [3.05, 3.63) is 102 Å². The molecular weight excluding hydrogens is 374 g/mol. The highest BCUT2D eigenvalue weighted by Crippen LogP contribution is 2.20. The van der Waals surface area contributed by atoms with Crippen LogP contribution in [0.25, 0.3) is 22.0 Å². The van der Waals surface area contributed by atoms with E-state index in [2.05, 4.69) is 10.3 Å². The highest BCUT2D eigenvalue weighted by Gasteiger charge is 2.20. The molecule has 0 saturated carbocycles. The predicted molar refractivity (Wildman–Crippen MR) is 118 cm³/mol. The fourth-order valence-corrected chi connectivity index (χ4v) is 3.35. The second kappa shape index (κ2) is 8.57. The molecule has 5 nitrogen and oxygen atoms in total. The van der Waals surface area contributed by atoms with E-state index in [1.807, 2.05) is 84.9 Å². The molecule has 0 fully saturated rings. The molecule has 4 aromatic rings. The van der Waals surface area contributed by atoms with Gasteiger partial charge in [0.15, 0.2) is 0 Å². The van der Waals surface area contributed by atoms with Crippen LogP contribution in [0.2, 0.25) is 0 Å². The van der Waals surface area contributed by atoms with E-state index in [9.17, 15) is 9.59 Å².